The van der Waals surface area contributed by atoms with Crippen LogP contribution in [-0.2, 0) is 6.42 Å². The molecule has 1 fully saturated rings. The third-order valence-corrected chi connectivity index (χ3v) is 4.70. The standard InChI is InChI=1S/C19H21N3O3/c23-17-3-1-2-16(13-17)21-7-9-22(10-8-21)19(24)20-15-4-5-18-14(12-15)6-11-25-18/h1-5,12-13,23H,6-11H2,(H,20,24). The van der Waals surface area contributed by atoms with Crippen molar-refractivity contribution in [3.63, 3.8) is 0 Å². The summed E-state index contributed by atoms with van der Waals surface area (Å²) < 4.78 is 5.49. The highest BCUT2D eigenvalue weighted by atomic mass is 16.5. The van der Waals surface area contributed by atoms with Gasteiger partial charge in [-0.1, -0.05) is 6.07 Å². The molecule has 0 aromatic heterocycles. The van der Waals surface area contributed by atoms with Gasteiger partial charge in [0, 0.05) is 50.0 Å². The number of urea groups is 1. The Kier molecular flexibility index (Phi) is 4.09. The van der Waals surface area contributed by atoms with Crippen LogP contribution < -0.4 is 15.0 Å². The number of phenolic OH excluding ortho intramolecular Hbond substituents is 1. The number of nitrogens with one attached hydrogen (secondary N) is 1. The van der Waals surface area contributed by atoms with E-state index >= 15 is 0 Å². The van der Waals surface area contributed by atoms with Gasteiger partial charge in [0.1, 0.15) is 11.5 Å². The molecule has 1 saturated heterocycles. The molecule has 2 aromatic carbocycles. The van der Waals surface area contributed by atoms with Crippen LogP contribution in [-0.4, -0.2) is 48.8 Å². The summed E-state index contributed by atoms with van der Waals surface area (Å²) >= 11 is 0. The van der Waals surface area contributed by atoms with Crippen LogP contribution in [0.4, 0.5) is 16.2 Å². The Balaban J connectivity index is 1.35. The highest BCUT2D eigenvalue weighted by molar-refractivity contribution is 5.89. The Morgan fingerprint density at radius 1 is 1.08 bits per heavy atom. The molecule has 0 atom stereocenters. The van der Waals surface area contributed by atoms with Crippen molar-refractivity contribution in [2.75, 3.05) is 43.0 Å². The van der Waals surface area contributed by atoms with E-state index in [0.717, 1.165) is 42.2 Å². The minimum Gasteiger partial charge on any atom is -0.508 e. The molecule has 0 radical (unpaired) electrons. The molecule has 0 unspecified atom stereocenters. The zero-order valence-corrected chi connectivity index (χ0v) is 13.9. The molecule has 6 nitrogen and oxygen atoms in total. The normalized spacial score (nSPS) is 16.3. The highest BCUT2D eigenvalue weighted by Gasteiger charge is 2.22. The summed E-state index contributed by atoms with van der Waals surface area (Å²) in [5, 5.41) is 12.6. The molecule has 2 aromatic rings. The van der Waals surface area contributed by atoms with E-state index < -0.39 is 0 Å². The molecule has 6 heteroatoms. The number of piperazine rings is 1. The summed E-state index contributed by atoms with van der Waals surface area (Å²) in [5.41, 5.74) is 2.94. The minimum atomic E-state index is -0.0746. The maximum absolute atomic E-state index is 12.5. The van der Waals surface area contributed by atoms with E-state index in [9.17, 15) is 9.90 Å². The lowest BCUT2D eigenvalue weighted by Crippen LogP contribution is -2.50. The molecule has 0 spiro atoms. The van der Waals surface area contributed by atoms with Gasteiger partial charge in [0.2, 0.25) is 0 Å². The molecular formula is C19H21N3O3. The van der Waals surface area contributed by atoms with Crippen LogP contribution in [0.15, 0.2) is 42.5 Å². The molecule has 25 heavy (non-hydrogen) atoms. The number of fused-ring (bicyclic) bond motifs is 1. The molecule has 2 N–H and O–H groups in total. The average molecular weight is 339 g/mol. The van der Waals surface area contributed by atoms with Gasteiger partial charge in [-0.25, -0.2) is 4.79 Å². The Labute approximate surface area is 146 Å². The average Bonchev–Trinajstić information content (AvgIpc) is 3.09. The van der Waals surface area contributed by atoms with Crippen molar-refractivity contribution in [3.8, 4) is 11.5 Å². The van der Waals surface area contributed by atoms with Crippen molar-refractivity contribution in [2.24, 2.45) is 0 Å². The minimum absolute atomic E-state index is 0.0746. The van der Waals surface area contributed by atoms with E-state index in [-0.39, 0.29) is 11.8 Å². The van der Waals surface area contributed by atoms with Gasteiger partial charge < -0.3 is 25.0 Å². The molecule has 2 aliphatic heterocycles. The monoisotopic (exact) mass is 339 g/mol. The second kappa shape index (κ2) is 6.55. The number of anilines is 2. The first-order valence-electron chi connectivity index (χ1n) is 8.55. The van der Waals surface area contributed by atoms with Gasteiger partial charge in [-0.05, 0) is 35.9 Å². The van der Waals surface area contributed by atoms with E-state index in [0.29, 0.717) is 19.7 Å². The maximum Gasteiger partial charge on any atom is 0.321 e. The number of carbonyl (C=O) groups is 1. The van der Waals surface area contributed by atoms with E-state index in [1.807, 2.05) is 35.2 Å². The molecule has 2 heterocycles. The summed E-state index contributed by atoms with van der Waals surface area (Å²) in [5.74, 6) is 1.18. The van der Waals surface area contributed by atoms with E-state index in [1.54, 1.807) is 12.1 Å². The highest BCUT2D eigenvalue weighted by Crippen LogP contribution is 2.28. The fourth-order valence-corrected chi connectivity index (χ4v) is 3.32. The Hall–Kier alpha value is -2.89. The Morgan fingerprint density at radius 2 is 1.92 bits per heavy atom. The SMILES string of the molecule is O=C(Nc1ccc2c(c1)CCO2)N1CCN(c2cccc(O)c2)CC1. The quantitative estimate of drug-likeness (QED) is 0.883. The number of hydrogen-bond donors (Lipinski definition) is 2. The summed E-state index contributed by atoms with van der Waals surface area (Å²) in [6.45, 7) is 3.50. The van der Waals surface area contributed by atoms with Crippen LogP contribution in [0.3, 0.4) is 0 Å². The van der Waals surface area contributed by atoms with Gasteiger partial charge in [-0.2, -0.15) is 0 Å². The third kappa shape index (κ3) is 3.33. The molecule has 2 amide bonds. The van der Waals surface area contributed by atoms with Crippen molar-refractivity contribution < 1.29 is 14.6 Å². The third-order valence-electron chi connectivity index (χ3n) is 4.70. The van der Waals surface area contributed by atoms with Gasteiger partial charge in [-0.3, -0.25) is 0 Å². The number of carbonyl (C=O) groups excluding carboxylic acids is 1. The van der Waals surface area contributed by atoms with E-state index in [2.05, 4.69) is 10.2 Å². The second-order valence-electron chi connectivity index (χ2n) is 6.35. The first-order valence-corrected chi connectivity index (χ1v) is 8.55. The first-order chi connectivity index (χ1) is 12.2. The van der Waals surface area contributed by atoms with Crippen LogP contribution >= 0.6 is 0 Å². The molecule has 4 rings (SSSR count). The number of benzene rings is 2. The smallest absolute Gasteiger partial charge is 0.321 e. The molecule has 0 bridgehead atoms. The lowest BCUT2D eigenvalue weighted by molar-refractivity contribution is 0.208. The predicted octanol–water partition coefficient (Wildman–Crippen LogP) is 2.68. The summed E-state index contributed by atoms with van der Waals surface area (Å²) in [6.07, 6.45) is 0.891. The van der Waals surface area contributed by atoms with Crippen molar-refractivity contribution in [1.29, 1.82) is 0 Å². The van der Waals surface area contributed by atoms with Gasteiger partial charge >= 0.3 is 6.03 Å². The van der Waals surface area contributed by atoms with Crippen molar-refractivity contribution in [1.82, 2.24) is 4.90 Å². The maximum atomic E-state index is 12.5. The molecule has 130 valence electrons. The van der Waals surface area contributed by atoms with Gasteiger partial charge in [0.25, 0.3) is 0 Å². The van der Waals surface area contributed by atoms with Gasteiger partial charge in [-0.15, -0.1) is 0 Å². The topological polar surface area (TPSA) is 65.0 Å². The summed E-state index contributed by atoms with van der Waals surface area (Å²) in [4.78, 5) is 16.5. The van der Waals surface area contributed by atoms with Crippen LogP contribution in [0.5, 0.6) is 11.5 Å². The number of nitrogens with zero attached hydrogens (tertiary/aromatic N) is 2. The second-order valence-corrected chi connectivity index (χ2v) is 6.35. The van der Waals surface area contributed by atoms with Crippen LogP contribution in [0.1, 0.15) is 5.56 Å². The number of phenols is 1. The number of rotatable bonds is 2. The van der Waals surface area contributed by atoms with Crippen molar-refractivity contribution in [2.45, 2.75) is 6.42 Å². The lowest BCUT2D eigenvalue weighted by atomic mass is 10.1. The number of hydrogen-bond acceptors (Lipinski definition) is 4. The largest absolute Gasteiger partial charge is 0.508 e. The predicted molar refractivity (Wildman–Crippen MR) is 96.6 cm³/mol. The van der Waals surface area contributed by atoms with Crippen LogP contribution in [0.2, 0.25) is 0 Å². The van der Waals surface area contributed by atoms with Gasteiger partial charge in [0.15, 0.2) is 0 Å². The van der Waals surface area contributed by atoms with Crippen LogP contribution in [0, 0.1) is 0 Å². The first kappa shape index (κ1) is 15.6. The summed E-state index contributed by atoms with van der Waals surface area (Å²) in [7, 11) is 0. The number of ether oxygens (including phenoxy) is 1. The fourth-order valence-electron chi connectivity index (χ4n) is 3.32. The zero-order chi connectivity index (χ0) is 17.2. The van der Waals surface area contributed by atoms with Gasteiger partial charge in [0.05, 0.1) is 6.61 Å². The van der Waals surface area contributed by atoms with Crippen molar-refractivity contribution in [3.05, 3.63) is 48.0 Å². The Bertz CT molecular complexity index is 785. The van der Waals surface area contributed by atoms with Crippen LogP contribution in [0.25, 0.3) is 0 Å². The van der Waals surface area contributed by atoms with E-state index in [1.165, 1.54) is 0 Å². The fraction of sp³-hybridized carbons (Fsp3) is 0.316. The molecule has 0 saturated carbocycles. The Morgan fingerprint density at radius 3 is 2.72 bits per heavy atom. The number of aromatic hydroxyl groups is 1. The summed E-state index contributed by atoms with van der Waals surface area (Å²) in [6, 6.07) is 12.9. The molecular weight excluding hydrogens is 318 g/mol. The van der Waals surface area contributed by atoms with E-state index in [4.69, 9.17) is 4.74 Å². The number of amides is 2. The molecule has 2 aliphatic rings. The molecule has 0 aliphatic carbocycles. The zero-order valence-electron chi connectivity index (χ0n) is 13.9. The lowest BCUT2D eigenvalue weighted by Gasteiger charge is -2.36. The van der Waals surface area contributed by atoms with Crippen molar-refractivity contribution >= 4 is 17.4 Å².